The Bertz CT molecular complexity index is 518. The minimum atomic E-state index is 0. The van der Waals surface area contributed by atoms with Gasteiger partial charge in [-0.25, -0.2) is 4.98 Å². The highest BCUT2D eigenvalue weighted by Gasteiger charge is 2.02. The van der Waals surface area contributed by atoms with Crippen LogP contribution in [-0.2, 0) is 13.1 Å². The van der Waals surface area contributed by atoms with Crippen LogP contribution in [0, 0.1) is 0 Å². The number of nitrogens with zero attached hydrogens (tertiary/aromatic N) is 2. The van der Waals surface area contributed by atoms with Crippen molar-refractivity contribution in [1.29, 1.82) is 0 Å². The van der Waals surface area contributed by atoms with Crippen molar-refractivity contribution in [3.63, 3.8) is 0 Å². The third kappa shape index (κ3) is 5.96. The molecular weight excluding hydrogens is 309 g/mol. The van der Waals surface area contributed by atoms with Gasteiger partial charge in [-0.2, -0.15) is 0 Å². The van der Waals surface area contributed by atoms with Crippen molar-refractivity contribution in [2.75, 3.05) is 13.2 Å². The Morgan fingerprint density at radius 2 is 2.24 bits per heavy atom. The zero-order valence-electron chi connectivity index (χ0n) is 12.1. The lowest BCUT2D eigenvalue weighted by molar-refractivity contribution is -0.00000468. The second-order valence-corrected chi connectivity index (χ2v) is 4.94. The number of aryl methyl sites for hydroxylation is 1. The molecule has 4 nitrogen and oxygen atoms in total. The fraction of sp³-hybridized carbons (Fsp3) is 0.400. The molecule has 0 amide bonds. The molecule has 6 heteroatoms. The van der Waals surface area contributed by atoms with Gasteiger partial charge < -0.3 is 27.0 Å². The smallest absolute Gasteiger partial charge is 0.137 e. The van der Waals surface area contributed by atoms with E-state index in [9.17, 15) is 0 Å². The standard InChI is InChI=1S/C15H20ClN3O.ClH/c1-2-20-15-5-4-13(10-14(15)16)11-17-6-3-8-19-9-7-18-12-19;/h4-5,7,9-10,12,17H,2-3,6,8,11H2,1H3;1H/p-1. The lowest BCUT2D eigenvalue weighted by Gasteiger charge is -2.09. The molecule has 0 spiro atoms. The van der Waals surface area contributed by atoms with Crippen LogP contribution in [0.1, 0.15) is 18.9 Å². The van der Waals surface area contributed by atoms with E-state index in [-0.39, 0.29) is 12.4 Å². The van der Waals surface area contributed by atoms with Crippen molar-refractivity contribution in [2.45, 2.75) is 26.4 Å². The second kappa shape index (κ2) is 9.66. The van der Waals surface area contributed by atoms with E-state index in [4.69, 9.17) is 16.3 Å². The summed E-state index contributed by atoms with van der Waals surface area (Å²) in [7, 11) is 0. The third-order valence-corrected chi connectivity index (χ3v) is 3.25. The van der Waals surface area contributed by atoms with Crippen molar-refractivity contribution in [1.82, 2.24) is 14.9 Å². The highest BCUT2D eigenvalue weighted by Crippen LogP contribution is 2.25. The van der Waals surface area contributed by atoms with Crippen LogP contribution >= 0.6 is 11.6 Å². The normalized spacial score (nSPS) is 10.2. The van der Waals surface area contributed by atoms with E-state index < -0.39 is 0 Å². The molecule has 2 rings (SSSR count). The van der Waals surface area contributed by atoms with Gasteiger partial charge in [0.25, 0.3) is 0 Å². The summed E-state index contributed by atoms with van der Waals surface area (Å²) >= 11 is 6.15. The minimum Gasteiger partial charge on any atom is -1.00 e. The summed E-state index contributed by atoms with van der Waals surface area (Å²) in [5.74, 6) is 0.748. The van der Waals surface area contributed by atoms with E-state index in [1.165, 1.54) is 5.56 Å². The molecule has 116 valence electrons. The largest absolute Gasteiger partial charge is 1.00 e. The number of rotatable bonds is 8. The molecule has 21 heavy (non-hydrogen) atoms. The van der Waals surface area contributed by atoms with Gasteiger partial charge in [-0.3, -0.25) is 0 Å². The molecule has 0 bridgehead atoms. The zero-order valence-corrected chi connectivity index (χ0v) is 13.6. The van der Waals surface area contributed by atoms with Crippen molar-refractivity contribution in [2.24, 2.45) is 0 Å². The maximum Gasteiger partial charge on any atom is 0.137 e. The van der Waals surface area contributed by atoms with E-state index in [0.29, 0.717) is 11.6 Å². The molecule has 0 aliphatic rings. The number of imidazole rings is 1. The molecule has 1 heterocycles. The highest BCUT2D eigenvalue weighted by molar-refractivity contribution is 6.32. The van der Waals surface area contributed by atoms with Crippen molar-refractivity contribution < 1.29 is 17.1 Å². The molecule has 0 aliphatic heterocycles. The SMILES string of the molecule is CCOc1ccc(CNCCCn2ccnc2)cc1Cl.[Cl-]. The van der Waals surface area contributed by atoms with Crippen LogP contribution in [0.25, 0.3) is 0 Å². The number of ether oxygens (including phenoxy) is 1. The van der Waals surface area contributed by atoms with Gasteiger partial charge in [-0.1, -0.05) is 17.7 Å². The maximum absolute atomic E-state index is 6.15. The first-order chi connectivity index (χ1) is 9.79. The van der Waals surface area contributed by atoms with Gasteiger partial charge in [-0.05, 0) is 37.6 Å². The first-order valence-corrected chi connectivity index (χ1v) is 7.25. The van der Waals surface area contributed by atoms with Gasteiger partial charge in [-0.15, -0.1) is 0 Å². The number of nitrogens with one attached hydrogen (secondary N) is 1. The van der Waals surface area contributed by atoms with Gasteiger partial charge in [0.1, 0.15) is 5.75 Å². The van der Waals surface area contributed by atoms with Crippen LogP contribution in [0.3, 0.4) is 0 Å². The van der Waals surface area contributed by atoms with Crippen LogP contribution in [0.5, 0.6) is 5.75 Å². The summed E-state index contributed by atoms with van der Waals surface area (Å²) in [4.78, 5) is 4.02. The van der Waals surface area contributed by atoms with E-state index in [2.05, 4.69) is 14.9 Å². The van der Waals surface area contributed by atoms with Crippen molar-refractivity contribution in [3.05, 3.63) is 47.5 Å². The summed E-state index contributed by atoms with van der Waals surface area (Å²) in [5, 5.41) is 4.08. The molecule has 0 fully saturated rings. The molecule has 1 aromatic heterocycles. The van der Waals surface area contributed by atoms with E-state index in [0.717, 1.165) is 31.8 Å². The summed E-state index contributed by atoms with van der Waals surface area (Å²) in [6.07, 6.45) is 6.69. The fourth-order valence-electron chi connectivity index (χ4n) is 1.97. The second-order valence-electron chi connectivity index (χ2n) is 4.53. The molecule has 0 aliphatic carbocycles. The summed E-state index contributed by atoms with van der Waals surface area (Å²) in [6.45, 7) is 5.34. The number of hydrogen-bond acceptors (Lipinski definition) is 3. The van der Waals surface area contributed by atoms with Crippen molar-refractivity contribution >= 4 is 11.6 Å². The van der Waals surface area contributed by atoms with Gasteiger partial charge in [0, 0.05) is 25.5 Å². The monoisotopic (exact) mass is 328 g/mol. The van der Waals surface area contributed by atoms with E-state index in [1.807, 2.05) is 37.6 Å². The molecule has 1 aromatic carbocycles. The first kappa shape index (κ1) is 17.8. The Kier molecular flexibility index (Phi) is 8.20. The Morgan fingerprint density at radius 3 is 2.90 bits per heavy atom. The molecule has 0 atom stereocenters. The fourth-order valence-corrected chi connectivity index (χ4v) is 2.22. The summed E-state index contributed by atoms with van der Waals surface area (Å²) < 4.78 is 7.49. The maximum atomic E-state index is 6.15. The van der Waals surface area contributed by atoms with Crippen LogP contribution in [0.4, 0.5) is 0 Å². The molecular formula is C15H20Cl2N3O-. The lowest BCUT2D eigenvalue weighted by atomic mass is 10.2. The average molecular weight is 329 g/mol. The topological polar surface area (TPSA) is 39.1 Å². The zero-order chi connectivity index (χ0) is 14.2. The van der Waals surface area contributed by atoms with Gasteiger partial charge in [0.2, 0.25) is 0 Å². The number of benzene rings is 1. The molecule has 0 unspecified atom stereocenters. The minimum absolute atomic E-state index is 0. The van der Waals surface area contributed by atoms with Gasteiger partial charge in [0.15, 0.2) is 0 Å². The Hall–Kier alpha value is -1.23. The van der Waals surface area contributed by atoms with Gasteiger partial charge >= 0.3 is 0 Å². The summed E-state index contributed by atoms with van der Waals surface area (Å²) in [6, 6.07) is 5.92. The Balaban J connectivity index is 0.00000220. The van der Waals surface area contributed by atoms with Crippen LogP contribution in [0.15, 0.2) is 36.9 Å². The average Bonchev–Trinajstić information content (AvgIpc) is 2.95. The van der Waals surface area contributed by atoms with Crippen LogP contribution < -0.4 is 22.5 Å². The molecule has 0 saturated heterocycles. The first-order valence-electron chi connectivity index (χ1n) is 6.87. The van der Waals surface area contributed by atoms with Gasteiger partial charge in [0.05, 0.1) is 18.0 Å². The predicted octanol–water partition coefficient (Wildman–Crippen LogP) is 0.119. The highest BCUT2D eigenvalue weighted by atomic mass is 35.5. The predicted molar refractivity (Wildman–Crippen MR) is 81.2 cm³/mol. The summed E-state index contributed by atoms with van der Waals surface area (Å²) in [5.41, 5.74) is 1.17. The molecule has 0 radical (unpaired) electrons. The Labute approximate surface area is 136 Å². The number of halogens is 2. The molecule has 1 N–H and O–H groups in total. The van der Waals surface area contributed by atoms with Crippen LogP contribution in [-0.4, -0.2) is 22.7 Å². The molecule has 0 saturated carbocycles. The van der Waals surface area contributed by atoms with E-state index >= 15 is 0 Å². The Morgan fingerprint density at radius 1 is 1.38 bits per heavy atom. The quantitative estimate of drug-likeness (QED) is 0.700. The number of hydrogen-bond donors (Lipinski definition) is 1. The molecule has 2 aromatic rings. The van der Waals surface area contributed by atoms with E-state index in [1.54, 1.807) is 6.20 Å². The van der Waals surface area contributed by atoms with Crippen LogP contribution in [0.2, 0.25) is 5.02 Å². The number of aromatic nitrogens is 2. The van der Waals surface area contributed by atoms with Crippen molar-refractivity contribution in [3.8, 4) is 5.75 Å². The third-order valence-electron chi connectivity index (χ3n) is 2.95. The lowest BCUT2D eigenvalue weighted by Crippen LogP contribution is -3.00.